The molecule has 2 aromatic rings. The molecule has 0 unspecified atom stereocenters. The maximum Gasteiger partial charge on any atom is 0.228 e. The van der Waals surface area contributed by atoms with Crippen LogP contribution >= 0.6 is 11.6 Å². The topological polar surface area (TPSA) is 42.0 Å². The lowest BCUT2D eigenvalue weighted by molar-refractivity contribution is -0.124. The second kappa shape index (κ2) is 7.41. The quantitative estimate of drug-likeness (QED) is 0.891. The second-order valence-electron chi connectivity index (χ2n) is 5.78. The molecule has 1 amide bonds. The van der Waals surface area contributed by atoms with Crippen LogP contribution in [0.4, 0.5) is 0 Å². The lowest BCUT2D eigenvalue weighted by atomic mass is 9.87. The molecule has 0 fully saturated rings. The highest BCUT2D eigenvalue weighted by atomic mass is 35.5. The van der Waals surface area contributed by atoms with Crippen molar-refractivity contribution in [1.82, 2.24) is 10.3 Å². The van der Waals surface area contributed by atoms with E-state index in [0.29, 0.717) is 5.02 Å². The van der Waals surface area contributed by atoms with Gasteiger partial charge in [-0.3, -0.25) is 9.78 Å². The Morgan fingerprint density at radius 2 is 1.59 bits per heavy atom. The van der Waals surface area contributed by atoms with E-state index in [0.717, 1.165) is 11.1 Å². The number of carbonyl (C=O) groups is 1. The molecular weight excluding hydrogens is 296 g/mol. The minimum absolute atomic E-state index is 0.0293. The van der Waals surface area contributed by atoms with Gasteiger partial charge in [0.25, 0.3) is 0 Å². The summed E-state index contributed by atoms with van der Waals surface area (Å²) in [4.78, 5) is 16.7. The number of nitrogens with one attached hydrogen (secondary N) is 1. The molecule has 1 aromatic heterocycles. The minimum atomic E-state index is -0.193. The standard InChI is InChI=1S/C18H21ClN2O/c1-12(2)17(15-4-6-16(19)7-5-15)18(22)21-13(3)14-8-10-20-11-9-14/h4-13,17H,1-3H3,(H,21,22)/t13-,17-/m1/s1. The predicted molar refractivity (Wildman–Crippen MR) is 89.8 cm³/mol. The fourth-order valence-electron chi connectivity index (χ4n) is 2.55. The van der Waals surface area contributed by atoms with Crippen LogP contribution in [0.2, 0.25) is 5.02 Å². The van der Waals surface area contributed by atoms with Crippen molar-refractivity contribution in [3.05, 3.63) is 64.9 Å². The van der Waals surface area contributed by atoms with Crippen molar-refractivity contribution in [2.45, 2.75) is 32.7 Å². The Kier molecular flexibility index (Phi) is 5.56. The molecule has 2 atom stereocenters. The van der Waals surface area contributed by atoms with Crippen LogP contribution in [-0.2, 0) is 4.79 Å². The Hall–Kier alpha value is -1.87. The number of amides is 1. The van der Waals surface area contributed by atoms with Gasteiger partial charge in [0.2, 0.25) is 5.91 Å². The van der Waals surface area contributed by atoms with E-state index in [2.05, 4.69) is 24.1 Å². The molecular formula is C18H21ClN2O. The number of hydrogen-bond donors (Lipinski definition) is 1. The third-order valence-corrected chi connectivity index (χ3v) is 4.00. The van der Waals surface area contributed by atoms with Gasteiger partial charge in [0.05, 0.1) is 12.0 Å². The first-order valence-corrected chi connectivity index (χ1v) is 7.82. The summed E-state index contributed by atoms with van der Waals surface area (Å²) in [5.41, 5.74) is 2.03. The molecule has 0 aliphatic rings. The van der Waals surface area contributed by atoms with Crippen LogP contribution in [0.1, 0.15) is 43.9 Å². The Morgan fingerprint density at radius 1 is 1.00 bits per heavy atom. The zero-order valence-electron chi connectivity index (χ0n) is 13.1. The summed E-state index contributed by atoms with van der Waals surface area (Å²) in [6.07, 6.45) is 3.47. The minimum Gasteiger partial charge on any atom is -0.349 e. The van der Waals surface area contributed by atoms with Crippen LogP contribution in [0.25, 0.3) is 0 Å². The second-order valence-corrected chi connectivity index (χ2v) is 6.22. The zero-order chi connectivity index (χ0) is 16.1. The van der Waals surface area contributed by atoms with Crippen molar-refractivity contribution in [2.24, 2.45) is 5.92 Å². The van der Waals surface area contributed by atoms with E-state index in [1.807, 2.05) is 43.3 Å². The van der Waals surface area contributed by atoms with Crippen LogP contribution in [0.3, 0.4) is 0 Å². The van der Waals surface area contributed by atoms with Gasteiger partial charge < -0.3 is 5.32 Å². The first kappa shape index (κ1) is 16.5. The maximum absolute atomic E-state index is 12.7. The van der Waals surface area contributed by atoms with Crippen molar-refractivity contribution in [3.8, 4) is 0 Å². The van der Waals surface area contributed by atoms with Crippen molar-refractivity contribution in [1.29, 1.82) is 0 Å². The molecule has 4 heteroatoms. The summed E-state index contributed by atoms with van der Waals surface area (Å²) < 4.78 is 0. The largest absolute Gasteiger partial charge is 0.349 e. The molecule has 0 bridgehead atoms. The summed E-state index contributed by atoms with van der Waals surface area (Å²) in [6.45, 7) is 6.08. The number of hydrogen-bond acceptors (Lipinski definition) is 2. The summed E-state index contributed by atoms with van der Waals surface area (Å²) in [5.74, 6) is 0.0361. The Morgan fingerprint density at radius 3 is 2.14 bits per heavy atom. The van der Waals surface area contributed by atoms with Gasteiger partial charge >= 0.3 is 0 Å². The number of carbonyl (C=O) groups excluding carboxylic acids is 1. The molecule has 22 heavy (non-hydrogen) atoms. The Labute approximate surface area is 136 Å². The molecule has 1 aromatic carbocycles. The first-order valence-electron chi connectivity index (χ1n) is 7.44. The first-order chi connectivity index (χ1) is 10.5. The van der Waals surface area contributed by atoms with Crippen molar-refractivity contribution < 1.29 is 4.79 Å². The maximum atomic E-state index is 12.7. The van der Waals surface area contributed by atoms with Gasteiger partial charge in [-0.1, -0.05) is 37.6 Å². The van der Waals surface area contributed by atoms with Crippen molar-refractivity contribution >= 4 is 17.5 Å². The van der Waals surface area contributed by atoms with E-state index in [-0.39, 0.29) is 23.8 Å². The zero-order valence-corrected chi connectivity index (χ0v) is 13.8. The third-order valence-electron chi connectivity index (χ3n) is 3.74. The highest BCUT2D eigenvalue weighted by molar-refractivity contribution is 6.30. The van der Waals surface area contributed by atoms with Gasteiger partial charge in [-0.05, 0) is 48.2 Å². The van der Waals surface area contributed by atoms with E-state index < -0.39 is 0 Å². The van der Waals surface area contributed by atoms with Crippen molar-refractivity contribution in [3.63, 3.8) is 0 Å². The summed E-state index contributed by atoms with van der Waals surface area (Å²) in [6, 6.07) is 11.3. The van der Waals surface area contributed by atoms with Crippen LogP contribution in [-0.4, -0.2) is 10.9 Å². The Balaban J connectivity index is 2.15. The lowest BCUT2D eigenvalue weighted by Crippen LogP contribution is -2.34. The Bertz CT molecular complexity index is 611. The highest BCUT2D eigenvalue weighted by Gasteiger charge is 2.25. The predicted octanol–water partition coefficient (Wildman–Crippen LogP) is 4.35. The van der Waals surface area contributed by atoms with Crippen LogP contribution in [0, 0.1) is 5.92 Å². The van der Waals surface area contributed by atoms with E-state index in [1.54, 1.807) is 12.4 Å². The molecule has 1 heterocycles. The molecule has 0 radical (unpaired) electrons. The number of aromatic nitrogens is 1. The molecule has 0 saturated heterocycles. The molecule has 116 valence electrons. The smallest absolute Gasteiger partial charge is 0.228 e. The molecule has 0 aliphatic heterocycles. The number of rotatable bonds is 5. The summed E-state index contributed by atoms with van der Waals surface area (Å²) in [5, 5.41) is 3.77. The molecule has 2 rings (SSSR count). The number of nitrogens with zero attached hydrogens (tertiary/aromatic N) is 1. The van der Waals surface area contributed by atoms with E-state index >= 15 is 0 Å². The van der Waals surface area contributed by atoms with Gasteiger partial charge in [0.1, 0.15) is 0 Å². The molecule has 0 saturated carbocycles. The SMILES string of the molecule is CC(C)[C@@H](C(=O)N[C@H](C)c1ccncc1)c1ccc(Cl)cc1. The third kappa shape index (κ3) is 4.08. The van der Waals surface area contributed by atoms with Gasteiger partial charge in [-0.25, -0.2) is 0 Å². The summed E-state index contributed by atoms with van der Waals surface area (Å²) >= 11 is 5.93. The van der Waals surface area contributed by atoms with Crippen LogP contribution < -0.4 is 5.32 Å². The van der Waals surface area contributed by atoms with Gasteiger partial charge in [0, 0.05) is 17.4 Å². The molecule has 0 aliphatic carbocycles. The molecule has 0 spiro atoms. The number of benzene rings is 1. The normalized spacial score (nSPS) is 13.7. The van der Waals surface area contributed by atoms with E-state index in [9.17, 15) is 4.79 Å². The average molecular weight is 317 g/mol. The molecule has 3 nitrogen and oxygen atoms in total. The van der Waals surface area contributed by atoms with E-state index in [4.69, 9.17) is 11.6 Å². The summed E-state index contributed by atoms with van der Waals surface area (Å²) in [7, 11) is 0. The van der Waals surface area contributed by atoms with Gasteiger partial charge in [0.15, 0.2) is 0 Å². The van der Waals surface area contributed by atoms with E-state index in [1.165, 1.54) is 0 Å². The van der Waals surface area contributed by atoms with Crippen LogP contribution in [0.5, 0.6) is 0 Å². The monoisotopic (exact) mass is 316 g/mol. The lowest BCUT2D eigenvalue weighted by Gasteiger charge is -2.23. The number of halogens is 1. The van der Waals surface area contributed by atoms with Crippen molar-refractivity contribution in [2.75, 3.05) is 0 Å². The number of pyridine rings is 1. The fourth-order valence-corrected chi connectivity index (χ4v) is 2.67. The van der Waals surface area contributed by atoms with Gasteiger partial charge in [-0.2, -0.15) is 0 Å². The average Bonchev–Trinajstić information content (AvgIpc) is 2.50. The highest BCUT2D eigenvalue weighted by Crippen LogP contribution is 2.27. The van der Waals surface area contributed by atoms with Crippen LogP contribution in [0.15, 0.2) is 48.8 Å². The molecule has 1 N–H and O–H groups in total. The van der Waals surface area contributed by atoms with Gasteiger partial charge in [-0.15, -0.1) is 0 Å². The fraction of sp³-hybridized carbons (Fsp3) is 0.333.